The van der Waals surface area contributed by atoms with Gasteiger partial charge in [-0.25, -0.2) is 0 Å². The van der Waals surface area contributed by atoms with Crippen molar-refractivity contribution in [2.75, 3.05) is 7.05 Å². The molecule has 2 heteroatoms. The molecule has 1 unspecified atom stereocenters. The second-order valence-electron chi connectivity index (χ2n) is 5.04. The van der Waals surface area contributed by atoms with E-state index in [-0.39, 0.29) is 11.9 Å². The first-order valence-corrected chi connectivity index (χ1v) is 6.67. The van der Waals surface area contributed by atoms with Crippen molar-refractivity contribution in [3.63, 3.8) is 0 Å². The van der Waals surface area contributed by atoms with Gasteiger partial charge >= 0.3 is 0 Å². The number of carbonyl (C=O) groups is 1. The fourth-order valence-corrected chi connectivity index (χ4v) is 2.86. The van der Waals surface area contributed by atoms with Crippen molar-refractivity contribution in [1.29, 1.82) is 0 Å². The molecule has 1 aliphatic carbocycles. The van der Waals surface area contributed by atoms with Crippen LogP contribution in [0.1, 0.15) is 33.9 Å². The number of hydrogen-bond donors (Lipinski definition) is 0. The van der Waals surface area contributed by atoms with Crippen molar-refractivity contribution in [2.24, 2.45) is 0 Å². The molecule has 0 aromatic heterocycles. The van der Waals surface area contributed by atoms with E-state index >= 15 is 0 Å². The van der Waals surface area contributed by atoms with Crippen LogP contribution in [0.3, 0.4) is 0 Å². The van der Waals surface area contributed by atoms with Gasteiger partial charge in [-0.1, -0.05) is 42.5 Å². The van der Waals surface area contributed by atoms with E-state index in [2.05, 4.69) is 24.3 Å². The number of aryl methyl sites for hydroxylation is 1. The summed E-state index contributed by atoms with van der Waals surface area (Å²) in [6, 6.07) is 18.1. The fourth-order valence-electron chi connectivity index (χ4n) is 2.86. The largest absolute Gasteiger partial charge is 0.335 e. The zero-order valence-electron chi connectivity index (χ0n) is 11.0. The molecule has 1 amide bonds. The Morgan fingerprint density at radius 3 is 2.53 bits per heavy atom. The fraction of sp³-hybridized carbons (Fsp3) is 0.235. The summed E-state index contributed by atoms with van der Waals surface area (Å²) in [6.45, 7) is 0. The maximum Gasteiger partial charge on any atom is 0.254 e. The van der Waals surface area contributed by atoms with E-state index in [0.29, 0.717) is 0 Å². The lowest BCUT2D eigenvalue weighted by Gasteiger charge is -2.25. The molecule has 96 valence electrons. The van der Waals surface area contributed by atoms with Crippen LogP contribution in [0.5, 0.6) is 0 Å². The third kappa shape index (κ3) is 2.14. The van der Waals surface area contributed by atoms with Gasteiger partial charge in [-0.3, -0.25) is 4.79 Å². The average molecular weight is 251 g/mol. The van der Waals surface area contributed by atoms with Crippen LogP contribution in [0, 0.1) is 0 Å². The minimum atomic E-state index is 0.0994. The Balaban J connectivity index is 1.86. The maximum absolute atomic E-state index is 12.5. The summed E-state index contributed by atoms with van der Waals surface area (Å²) >= 11 is 0. The topological polar surface area (TPSA) is 20.3 Å². The highest BCUT2D eigenvalue weighted by atomic mass is 16.2. The molecular weight excluding hydrogens is 234 g/mol. The molecule has 3 rings (SSSR count). The number of rotatable bonds is 2. The van der Waals surface area contributed by atoms with Gasteiger partial charge < -0.3 is 4.90 Å². The summed E-state index contributed by atoms with van der Waals surface area (Å²) in [5, 5.41) is 0. The zero-order chi connectivity index (χ0) is 13.2. The summed E-state index contributed by atoms with van der Waals surface area (Å²) in [7, 11) is 1.90. The molecule has 0 fully saturated rings. The predicted octanol–water partition coefficient (Wildman–Crippen LogP) is 3.45. The summed E-state index contributed by atoms with van der Waals surface area (Å²) in [4.78, 5) is 14.3. The van der Waals surface area contributed by atoms with Gasteiger partial charge in [0.15, 0.2) is 0 Å². The smallest absolute Gasteiger partial charge is 0.254 e. The quantitative estimate of drug-likeness (QED) is 0.800. The van der Waals surface area contributed by atoms with Crippen LogP contribution in [-0.4, -0.2) is 17.9 Å². The third-order valence-corrected chi connectivity index (χ3v) is 3.91. The van der Waals surface area contributed by atoms with Crippen LogP contribution in [0.4, 0.5) is 0 Å². The van der Waals surface area contributed by atoms with Crippen molar-refractivity contribution in [1.82, 2.24) is 4.90 Å². The number of hydrogen-bond acceptors (Lipinski definition) is 1. The normalized spacial score (nSPS) is 17.0. The van der Waals surface area contributed by atoms with Crippen LogP contribution in [0.15, 0.2) is 54.6 Å². The number of nitrogens with zero attached hydrogens (tertiary/aromatic N) is 1. The van der Waals surface area contributed by atoms with Crippen LogP contribution in [0.2, 0.25) is 0 Å². The Kier molecular flexibility index (Phi) is 3.08. The van der Waals surface area contributed by atoms with Crippen molar-refractivity contribution in [3.8, 4) is 0 Å². The SMILES string of the molecule is CN(C(=O)c1ccccc1)C1CCc2ccccc21. The van der Waals surface area contributed by atoms with Gasteiger partial charge in [0.25, 0.3) is 5.91 Å². The zero-order valence-corrected chi connectivity index (χ0v) is 11.0. The number of carbonyl (C=O) groups excluding carboxylic acids is 1. The van der Waals surface area contributed by atoms with Gasteiger partial charge in [-0.2, -0.15) is 0 Å². The van der Waals surface area contributed by atoms with Crippen molar-refractivity contribution in [2.45, 2.75) is 18.9 Å². The van der Waals surface area contributed by atoms with Crippen LogP contribution in [0.25, 0.3) is 0 Å². The highest BCUT2D eigenvalue weighted by molar-refractivity contribution is 5.94. The van der Waals surface area contributed by atoms with Gasteiger partial charge in [0.2, 0.25) is 0 Å². The second-order valence-corrected chi connectivity index (χ2v) is 5.04. The predicted molar refractivity (Wildman–Crippen MR) is 76.0 cm³/mol. The lowest BCUT2D eigenvalue weighted by molar-refractivity contribution is 0.0730. The van der Waals surface area contributed by atoms with Crippen LogP contribution < -0.4 is 0 Å². The lowest BCUT2D eigenvalue weighted by Crippen LogP contribution is -2.30. The standard InChI is InChI=1S/C17H17NO/c1-18(17(19)14-8-3-2-4-9-14)16-12-11-13-7-5-6-10-15(13)16/h2-10,16H,11-12H2,1H3. The maximum atomic E-state index is 12.5. The van der Waals surface area contributed by atoms with Crippen LogP contribution in [-0.2, 0) is 6.42 Å². The van der Waals surface area contributed by atoms with Gasteiger partial charge in [-0.15, -0.1) is 0 Å². The van der Waals surface area contributed by atoms with Crippen molar-refractivity contribution >= 4 is 5.91 Å². The molecule has 2 nitrogen and oxygen atoms in total. The molecule has 19 heavy (non-hydrogen) atoms. The Morgan fingerprint density at radius 1 is 1.05 bits per heavy atom. The molecule has 2 aromatic carbocycles. The number of benzene rings is 2. The van der Waals surface area contributed by atoms with Gasteiger partial charge in [-0.05, 0) is 36.1 Å². The second kappa shape index (κ2) is 4.88. The molecular formula is C17H17NO. The number of fused-ring (bicyclic) bond motifs is 1. The molecule has 0 heterocycles. The van der Waals surface area contributed by atoms with Gasteiger partial charge in [0.1, 0.15) is 0 Å². The van der Waals surface area contributed by atoms with E-state index in [4.69, 9.17) is 0 Å². The average Bonchev–Trinajstić information content (AvgIpc) is 2.90. The van der Waals surface area contributed by atoms with Gasteiger partial charge in [0, 0.05) is 12.6 Å². The monoisotopic (exact) mass is 251 g/mol. The molecule has 1 aliphatic rings. The van der Waals surface area contributed by atoms with Crippen LogP contribution >= 0.6 is 0 Å². The molecule has 0 radical (unpaired) electrons. The molecule has 0 N–H and O–H groups in total. The molecule has 0 saturated heterocycles. The molecule has 2 aromatic rings. The number of amides is 1. The first-order valence-electron chi connectivity index (χ1n) is 6.67. The Labute approximate surface area is 113 Å². The third-order valence-electron chi connectivity index (χ3n) is 3.91. The highest BCUT2D eigenvalue weighted by Gasteiger charge is 2.28. The molecule has 0 spiro atoms. The first-order chi connectivity index (χ1) is 9.27. The molecule has 0 bridgehead atoms. The van der Waals surface area contributed by atoms with E-state index in [0.717, 1.165) is 18.4 Å². The first kappa shape index (κ1) is 12.0. The Hall–Kier alpha value is -2.09. The van der Waals surface area contributed by atoms with Crippen molar-refractivity contribution in [3.05, 3.63) is 71.3 Å². The summed E-state index contributed by atoms with van der Waals surface area (Å²) < 4.78 is 0. The summed E-state index contributed by atoms with van der Waals surface area (Å²) in [6.07, 6.45) is 2.08. The molecule has 0 aliphatic heterocycles. The van der Waals surface area contributed by atoms with E-state index < -0.39 is 0 Å². The summed E-state index contributed by atoms with van der Waals surface area (Å²) in [5.74, 6) is 0.0994. The lowest BCUT2D eigenvalue weighted by atomic mass is 10.1. The van der Waals surface area contributed by atoms with E-state index in [9.17, 15) is 4.79 Å². The molecule has 0 saturated carbocycles. The van der Waals surface area contributed by atoms with E-state index in [1.807, 2.05) is 42.3 Å². The minimum Gasteiger partial charge on any atom is -0.335 e. The van der Waals surface area contributed by atoms with Crippen molar-refractivity contribution < 1.29 is 4.79 Å². The Morgan fingerprint density at radius 2 is 1.74 bits per heavy atom. The van der Waals surface area contributed by atoms with E-state index in [1.165, 1.54) is 11.1 Å². The highest BCUT2D eigenvalue weighted by Crippen LogP contribution is 2.35. The Bertz CT molecular complexity index is 591. The minimum absolute atomic E-state index is 0.0994. The van der Waals surface area contributed by atoms with E-state index in [1.54, 1.807) is 0 Å². The van der Waals surface area contributed by atoms with Gasteiger partial charge in [0.05, 0.1) is 6.04 Å². The summed E-state index contributed by atoms with van der Waals surface area (Å²) in [5.41, 5.74) is 3.43. The molecule has 1 atom stereocenters.